The zero-order valence-corrected chi connectivity index (χ0v) is 10.1. The van der Waals surface area contributed by atoms with Crippen molar-refractivity contribution in [1.29, 1.82) is 0 Å². The third kappa shape index (κ3) is 5.72. The van der Waals surface area contributed by atoms with Gasteiger partial charge in [0.1, 0.15) is 0 Å². The SMILES string of the molecule is C=C(CNCCC)COCc1cccs1. The first-order valence-corrected chi connectivity index (χ1v) is 6.18. The molecule has 0 spiro atoms. The minimum atomic E-state index is 0.647. The van der Waals surface area contributed by atoms with Crippen molar-refractivity contribution in [2.75, 3.05) is 19.7 Å². The standard InChI is InChI=1S/C12H19NOS/c1-3-6-13-8-11(2)9-14-10-12-5-4-7-15-12/h4-5,7,13H,2-3,6,8-10H2,1H3. The van der Waals surface area contributed by atoms with E-state index in [1.54, 1.807) is 11.3 Å². The summed E-state index contributed by atoms with van der Waals surface area (Å²) in [6.07, 6.45) is 1.16. The molecule has 0 atom stereocenters. The molecule has 3 heteroatoms. The summed E-state index contributed by atoms with van der Waals surface area (Å²) in [6, 6.07) is 4.13. The molecular formula is C12H19NOS. The first-order chi connectivity index (χ1) is 7.33. The van der Waals surface area contributed by atoms with Crippen LogP contribution in [0.5, 0.6) is 0 Å². The predicted molar refractivity (Wildman–Crippen MR) is 66.3 cm³/mol. The second kappa shape index (κ2) is 7.63. The molecule has 2 nitrogen and oxygen atoms in total. The molecule has 0 saturated heterocycles. The van der Waals surface area contributed by atoms with Crippen LogP contribution >= 0.6 is 11.3 Å². The Morgan fingerprint density at radius 1 is 1.60 bits per heavy atom. The van der Waals surface area contributed by atoms with Crippen LogP contribution in [0.25, 0.3) is 0 Å². The van der Waals surface area contributed by atoms with E-state index < -0.39 is 0 Å². The molecule has 0 aromatic carbocycles. The van der Waals surface area contributed by atoms with E-state index in [0.29, 0.717) is 13.2 Å². The highest BCUT2D eigenvalue weighted by Gasteiger charge is 1.96. The Kier molecular flexibility index (Phi) is 6.32. The molecule has 0 aliphatic carbocycles. The van der Waals surface area contributed by atoms with Crippen LogP contribution in [-0.2, 0) is 11.3 Å². The van der Waals surface area contributed by atoms with Crippen LogP contribution < -0.4 is 5.32 Å². The van der Waals surface area contributed by atoms with Crippen LogP contribution in [-0.4, -0.2) is 19.7 Å². The van der Waals surface area contributed by atoms with Crippen LogP contribution in [0.3, 0.4) is 0 Å². The number of hydrogen-bond acceptors (Lipinski definition) is 3. The Morgan fingerprint density at radius 3 is 3.13 bits per heavy atom. The van der Waals surface area contributed by atoms with E-state index in [1.165, 1.54) is 4.88 Å². The van der Waals surface area contributed by atoms with Gasteiger partial charge in [-0.3, -0.25) is 0 Å². The Labute approximate surface area is 96.0 Å². The second-order valence-electron chi connectivity index (χ2n) is 3.50. The molecule has 1 aromatic rings. The summed E-state index contributed by atoms with van der Waals surface area (Å²) in [7, 11) is 0. The van der Waals surface area contributed by atoms with Crippen LogP contribution in [0.4, 0.5) is 0 Å². The Morgan fingerprint density at radius 2 is 2.47 bits per heavy atom. The van der Waals surface area contributed by atoms with Gasteiger partial charge in [0.15, 0.2) is 0 Å². The molecule has 1 heterocycles. The monoisotopic (exact) mass is 225 g/mol. The van der Waals surface area contributed by atoms with Crippen molar-refractivity contribution in [3.05, 3.63) is 34.5 Å². The lowest BCUT2D eigenvalue weighted by Crippen LogP contribution is -2.19. The molecular weight excluding hydrogens is 206 g/mol. The molecule has 0 aliphatic rings. The summed E-state index contributed by atoms with van der Waals surface area (Å²) in [5, 5.41) is 5.37. The quantitative estimate of drug-likeness (QED) is 0.542. The molecule has 0 amide bonds. The van der Waals surface area contributed by atoms with Gasteiger partial charge in [0.2, 0.25) is 0 Å². The zero-order valence-electron chi connectivity index (χ0n) is 9.29. The minimum Gasteiger partial charge on any atom is -0.372 e. The van der Waals surface area contributed by atoms with E-state index in [-0.39, 0.29) is 0 Å². The van der Waals surface area contributed by atoms with Crippen molar-refractivity contribution in [2.45, 2.75) is 20.0 Å². The average Bonchev–Trinajstić information content (AvgIpc) is 2.71. The van der Waals surface area contributed by atoms with Gasteiger partial charge >= 0.3 is 0 Å². The number of ether oxygens (including phenoxy) is 1. The van der Waals surface area contributed by atoms with E-state index in [2.05, 4.69) is 30.3 Å². The summed E-state index contributed by atoms with van der Waals surface area (Å²) in [4.78, 5) is 1.27. The maximum absolute atomic E-state index is 5.54. The van der Waals surface area contributed by atoms with E-state index >= 15 is 0 Å². The van der Waals surface area contributed by atoms with Gasteiger partial charge in [0.25, 0.3) is 0 Å². The zero-order chi connectivity index (χ0) is 10.9. The molecule has 1 aromatic heterocycles. The van der Waals surface area contributed by atoms with E-state index in [4.69, 9.17) is 4.74 Å². The van der Waals surface area contributed by atoms with Gasteiger partial charge in [0, 0.05) is 11.4 Å². The molecule has 0 fully saturated rings. The lowest BCUT2D eigenvalue weighted by Gasteiger charge is -2.07. The van der Waals surface area contributed by atoms with Gasteiger partial charge in [-0.15, -0.1) is 11.3 Å². The van der Waals surface area contributed by atoms with Gasteiger partial charge in [0.05, 0.1) is 13.2 Å². The average molecular weight is 225 g/mol. The summed E-state index contributed by atoms with van der Waals surface area (Å²) < 4.78 is 5.54. The molecule has 0 aliphatic heterocycles. The molecule has 0 unspecified atom stereocenters. The first-order valence-electron chi connectivity index (χ1n) is 5.30. The summed E-state index contributed by atoms with van der Waals surface area (Å²) in [6.45, 7) is 9.37. The lowest BCUT2D eigenvalue weighted by molar-refractivity contribution is 0.143. The number of rotatable bonds is 8. The summed E-state index contributed by atoms with van der Waals surface area (Å²) >= 11 is 1.73. The lowest BCUT2D eigenvalue weighted by atomic mass is 10.3. The summed E-state index contributed by atoms with van der Waals surface area (Å²) in [5.74, 6) is 0. The van der Waals surface area contributed by atoms with Crippen molar-refractivity contribution < 1.29 is 4.74 Å². The molecule has 84 valence electrons. The maximum atomic E-state index is 5.54. The Balaban J connectivity index is 2.02. The molecule has 15 heavy (non-hydrogen) atoms. The second-order valence-corrected chi connectivity index (χ2v) is 4.53. The van der Waals surface area contributed by atoms with Crippen molar-refractivity contribution in [2.24, 2.45) is 0 Å². The topological polar surface area (TPSA) is 21.3 Å². The van der Waals surface area contributed by atoms with Gasteiger partial charge in [-0.2, -0.15) is 0 Å². The fraction of sp³-hybridized carbons (Fsp3) is 0.500. The normalized spacial score (nSPS) is 10.5. The number of hydrogen-bond donors (Lipinski definition) is 1. The highest BCUT2D eigenvalue weighted by Crippen LogP contribution is 2.09. The highest BCUT2D eigenvalue weighted by atomic mass is 32.1. The molecule has 1 N–H and O–H groups in total. The smallest absolute Gasteiger partial charge is 0.0813 e. The van der Waals surface area contributed by atoms with Crippen molar-refractivity contribution in [3.63, 3.8) is 0 Å². The van der Waals surface area contributed by atoms with Crippen LogP contribution in [0, 0.1) is 0 Å². The van der Waals surface area contributed by atoms with Crippen molar-refractivity contribution in [3.8, 4) is 0 Å². The first kappa shape index (κ1) is 12.4. The predicted octanol–water partition coefficient (Wildman–Crippen LogP) is 2.82. The Bertz CT molecular complexity index is 269. The molecule has 0 radical (unpaired) electrons. The fourth-order valence-corrected chi connectivity index (χ4v) is 1.82. The largest absolute Gasteiger partial charge is 0.372 e. The number of nitrogens with one attached hydrogen (secondary N) is 1. The van der Waals surface area contributed by atoms with E-state index in [1.807, 2.05) is 6.07 Å². The van der Waals surface area contributed by atoms with Gasteiger partial charge in [-0.1, -0.05) is 19.6 Å². The third-order valence-electron chi connectivity index (χ3n) is 1.93. The van der Waals surface area contributed by atoms with Crippen molar-refractivity contribution in [1.82, 2.24) is 5.32 Å². The van der Waals surface area contributed by atoms with Crippen LogP contribution in [0.1, 0.15) is 18.2 Å². The van der Waals surface area contributed by atoms with Gasteiger partial charge in [-0.25, -0.2) is 0 Å². The molecule has 0 saturated carbocycles. The summed E-state index contributed by atoms with van der Waals surface area (Å²) in [5.41, 5.74) is 1.11. The van der Waals surface area contributed by atoms with Gasteiger partial charge < -0.3 is 10.1 Å². The van der Waals surface area contributed by atoms with Gasteiger partial charge in [-0.05, 0) is 30.0 Å². The minimum absolute atomic E-state index is 0.647. The number of thiophene rings is 1. The van der Waals surface area contributed by atoms with Crippen molar-refractivity contribution >= 4 is 11.3 Å². The molecule has 1 rings (SSSR count). The fourth-order valence-electron chi connectivity index (χ4n) is 1.18. The Hall–Kier alpha value is -0.640. The third-order valence-corrected chi connectivity index (χ3v) is 2.78. The van der Waals surface area contributed by atoms with Crippen LogP contribution in [0.2, 0.25) is 0 Å². The van der Waals surface area contributed by atoms with E-state index in [9.17, 15) is 0 Å². The highest BCUT2D eigenvalue weighted by molar-refractivity contribution is 7.09. The van der Waals surface area contributed by atoms with E-state index in [0.717, 1.165) is 25.1 Å². The maximum Gasteiger partial charge on any atom is 0.0813 e. The molecule has 0 bridgehead atoms. The van der Waals surface area contributed by atoms with Crippen LogP contribution in [0.15, 0.2) is 29.7 Å².